The number of pyridine rings is 1. The summed E-state index contributed by atoms with van der Waals surface area (Å²) in [6, 6.07) is 17.1. The summed E-state index contributed by atoms with van der Waals surface area (Å²) in [6.45, 7) is 3.67. The van der Waals surface area contributed by atoms with Gasteiger partial charge in [0.2, 0.25) is 0 Å². The second-order valence-corrected chi connectivity index (χ2v) is 7.74. The molecule has 1 aliphatic rings. The van der Waals surface area contributed by atoms with Crippen LogP contribution in [-0.2, 0) is 6.54 Å². The van der Waals surface area contributed by atoms with Crippen molar-refractivity contribution in [3.8, 4) is 11.1 Å². The Kier molecular flexibility index (Phi) is 5.21. The van der Waals surface area contributed by atoms with Gasteiger partial charge >= 0.3 is 5.97 Å². The maximum atomic E-state index is 11.5. The quantitative estimate of drug-likeness (QED) is 0.611. The summed E-state index contributed by atoms with van der Waals surface area (Å²) in [6.07, 6.45) is 4.33. The van der Waals surface area contributed by atoms with Crippen LogP contribution in [0.2, 0.25) is 0 Å². The molecule has 1 saturated carbocycles. The predicted molar refractivity (Wildman–Crippen MR) is 116 cm³/mol. The van der Waals surface area contributed by atoms with Gasteiger partial charge in [0.1, 0.15) is 0 Å². The Hall–Kier alpha value is -3.34. The van der Waals surface area contributed by atoms with E-state index in [2.05, 4.69) is 22.0 Å². The highest BCUT2D eigenvalue weighted by Gasteiger charge is 2.26. The van der Waals surface area contributed by atoms with E-state index in [-0.39, 0.29) is 0 Å². The molecule has 0 atom stereocenters. The topological polar surface area (TPSA) is 79.5 Å². The molecule has 1 aromatic heterocycles. The van der Waals surface area contributed by atoms with Crippen molar-refractivity contribution in [1.29, 1.82) is 0 Å². The molecule has 3 aromatic rings. The molecule has 0 radical (unpaired) electrons. The minimum absolute atomic E-state index is 0.312. The predicted octanol–water partition coefficient (Wildman–Crippen LogP) is 4.75. The lowest BCUT2D eigenvalue weighted by Crippen LogP contribution is -2.27. The summed E-state index contributed by atoms with van der Waals surface area (Å²) in [5, 5.41) is 9.44. The molecule has 5 nitrogen and oxygen atoms in total. The van der Waals surface area contributed by atoms with Gasteiger partial charge in [-0.3, -0.25) is 0 Å². The average Bonchev–Trinajstić information content (AvgIpc) is 3.54. The van der Waals surface area contributed by atoms with E-state index in [1.54, 1.807) is 12.1 Å². The number of nitrogens with zero attached hydrogens (tertiary/aromatic N) is 2. The van der Waals surface area contributed by atoms with Crippen LogP contribution in [0, 0.1) is 12.8 Å². The highest BCUT2D eigenvalue weighted by molar-refractivity contribution is 5.96. The van der Waals surface area contributed by atoms with E-state index in [9.17, 15) is 9.90 Å². The van der Waals surface area contributed by atoms with Crippen LogP contribution in [0.15, 0.2) is 60.8 Å². The highest BCUT2D eigenvalue weighted by atomic mass is 16.4. The first-order chi connectivity index (χ1) is 14.0. The van der Waals surface area contributed by atoms with Gasteiger partial charge in [-0.05, 0) is 60.1 Å². The lowest BCUT2D eigenvalue weighted by Gasteiger charge is -2.26. The first-order valence-corrected chi connectivity index (χ1v) is 9.90. The molecule has 5 heteroatoms. The number of aromatic carboxylic acids is 1. The van der Waals surface area contributed by atoms with Gasteiger partial charge in [0, 0.05) is 19.3 Å². The number of aromatic nitrogens is 1. The summed E-state index contributed by atoms with van der Waals surface area (Å²) in [5.41, 5.74) is 11.2. The molecule has 29 heavy (non-hydrogen) atoms. The minimum atomic E-state index is -0.915. The van der Waals surface area contributed by atoms with Gasteiger partial charge in [-0.1, -0.05) is 42.5 Å². The van der Waals surface area contributed by atoms with Crippen LogP contribution in [0.5, 0.6) is 0 Å². The number of carboxylic acid groups (broad SMARTS) is 1. The van der Waals surface area contributed by atoms with Gasteiger partial charge < -0.3 is 15.7 Å². The van der Waals surface area contributed by atoms with E-state index in [0.29, 0.717) is 11.5 Å². The average molecular weight is 387 g/mol. The minimum Gasteiger partial charge on any atom is -0.478 e. The summed E-state index contributed by atoms with van der Waals surface area (Å²) in [4.78, 5) is 18.3. The Labute approximate surface area is 170 Å². The second-order valence-electron chi connectivity index (χ2n) is 7.74. The van der Waals surface area contributed by atoms with Gasteiger partial charge in [0.25, 0.3) is 0 Å². The Balaban J connectivity index is 1.59. The monoisotopic (exact) mass is 387 g/mol. The summed E-state index contributed by atoms with van der Waals surface area (Å²) in [5.74, 6) is 0.636. The van der Waals surface area contributed by atoms with E-state index >= 15 is 0 Å². The van der Waals surface area contributed by atoms with Gasteiger partial charge in [-0.2, -0.15) is 0 Å². The fraction of sp³-hybridized carbons (Fsp3) is 0.250. The molecule has 0 saturated heterocycles. The maximum absolute atomic E-state index is 11.5. The molecule has 1 aliphatic carbocycles. The standard InChI is InChI=1S/C24H25N3O2/c1-16-12-13-26-23(22(16)25)27(14-17-6-7-17)15-18-8-10-19(11-9-18)20-4-2-3-5-21(20)24(28)29/h2-5,8-13,17H,6-7,14-15,25H2,1H3,(H,28,29). The number of carbonyl (C=O) groups is 1. The Morgan fingerprint density at radius 1 is 1.14 bits per heavy atom. The number of rotatable bonds is 7. The number of aryl methyl sites for hydroxylation is 1. The van der Waals surface area contributed by atoms with Crippen molar-refractivity contribution in [2.24, 2.45) is 5.92 Å². The number of hydrogen-bond donors (Lipinski definition) is 2. The van der Waals surface area contributed by atoms with Crippen molar-refractivity contribution in [1.82, 2.24) is 4.98 Å². The molecule has 3 N–H and O–H groups in total. The highest BCUT2D eigenvalue weighted by Crippen LogP contribution is 2.34. The van der Waals surface area contributed by atoms with Crippen molar-refractivity contribution < 1.29 is 9.90 Å². The largest absolute Gasteiger partial charge is 0.478 e. The normalized spacial score (nSPS) is 13.3. The smallest absolute Gasteiger partial charge is 0.336 e. The molecule has 0 unspecified atom stereocenters. The lowest BCUT2D eigenvalue weighted by molar-refractivity contribution is 0.0697. The summed E-state index contributed by atoms with van der Waals surface area (Å²) >= 11 is 0. The third-order valence-electron chi connectivity index (χ3n) is 5.46. The van der Waals surface area contributed by atoms with Crippen LogP contribution in [0.25, 0.3) is 11.1 Å². The SMILES string of the molecule is Cc1ccnc(N(Cc2ccc(-c3ccccc3C(=O)O)cc2)CC2CC2)c1N. The van der Waals surface area contributed by atoms with Gasteiger partial charge in [-0.25, -0.2) is 9.78 Å². The van der Waals surface area contributed by atoms with Gasteiger partial charge in [-0.15, -0.1) is 0 Å². The van der Waals surface area contributed by atoms with Crippen molar-refractivity contribution in [3.05, 3.63) is 77.5 Å². The van der Waals surface area contributed by atoms with Crippen LogP contribution in [0.4, 0.5) is 11.5 Å². The lowest BCUT2D eigenvalue weighted by atomic mass is 9.98. The van der Waals surface area contributed by atoms with E-state index in [1.165, 1.54) is 12.8 Å². The number of hydrogen-bond acceptors (Lipinski definition) is 4. The van der Waals surface area contributed by atoms with Crippen LogP contribution < -0.4 is 10.6 Å². The number of nitrogen functional groups attached to an aromatic ring is 1. The molecule has 0 amide bonds. The number of carboxylic acids is 1. The second kappa shape index (κ2) is 7.95. The number of nitrogens with two attached hydrogens (primary N) is 1. The molecule has 2 aromatic carbocycles. The zero-order valence-corrected chi connectivity index (χ0v) is 16.5. The maximum Gasteiger partial charge on any atom is 0.336 e. The van der Waals surface area contributed by atoms with Crippen molar-refractivity contribution in [3.63, 3.8) is 0 Å². The zero-order valence-electron chi connectivity index (χ0n) is 16.5. The Bertz CT molecular complexity index is 1030. The molecule has 1 heterocycles. The third kappa shape index (κ3) is 4.24. The zero-order chi connectivity index (χ0) is 20.4. The molecular formula is C24H25N3O2. The first kappa shape index (κ1) is 19.0. The number of anilines is 2. The van der Waals surface area contributed by atoms with Crippen LogP contribution in [-0.4, -0.2) is 22.6 Å². The molecular weight excluding hydrogens is 362 g/mol. The molecule has 0 spiro atoms. The van der Waals surface area contributed by atoms with E-state index in [1.807, 2.05) is 43.5 Å². The van der Waals surface area contributed by atoms with Crippen molar-refractivity contribution >= 4 is 17.5 Å². The van der Waals surface area contributed by atoms with Crippen molar-refractivity contribution in [2.45, 2.75) is 26.3 Å². The third-order valence-corrected chi connectivity index (χ3v) is 5.46. The fourth-order valence-electron chi connectivity index (χ4n) is 3.58. The van der Waals surface area contributed by atoms with E-state index in [4.69, 9.17) is 5.73 Å². The molecule has 1 fully saturated rings. The molecule has 0 aliphatic heterocycles. The van der Waals surface area contributed by atoms with E-state index in [0.717, 1.165) is 46.8 Å². The van der Waals surface area contributed by atoms with Crippen molar-refractivity contribution in [2.75, 3.05) is 17.2 Å². The van der Waals surface area contributed by atoms with Crippen LogP contribution in [0.1, 0.15) is 34.3 Å². The fourth-order valence-corrected chi connectivity index (χ4v) is 3.58. The summed E-state index contributed by atoms with van der Waals surface area (Å²) in [7, 11) is 0. The Morgan fingerprint density at radius 3 is 2.55 bits per heavy atom. The molecule has 0 bridgehead atoms. The molecule has 4 rings (SSSR count). The van der Waals surface area contributed by atoms with Gasteiger partial charge in [0.05, 0.1) is 11.3 Å². The first-order valence-electron chi connectivity index (χ1n) is 9.90. The Morgan fingerprint density at radius 2 is 1.86 bits per heavy atom. The summed E-state index contributed by atoms with van der Waals surface area (Å²) < 4.78 is 0. The van der Waals surface area contributed by atoms with Crippen LogP contribution in [0.3, 0.4) is 0 Å². The van der Waals surface area contributed by atoms with Gasteiger partial charge in [0.15, 0.2) is 5.82 Å². The molecule has 148 valence electrons. The number of benzene rings is 2. The van der Waals surface area contributed by atoms with E-state index < -0.39 is 5.97 Å². The van der Waals surface area contributed by atoms with Crippen LogP contribution >= 0.6 is 0 Å².